The van der Waals surface area contributed by atoms with Crippen LogP contribution in [0.3, 0.4) is 0 Å². The Bertz CT molecular complexity index is 891. The number of nitrogens with one attached hydrogen (secondary N) is 1. The van der Waals surface area contributed by atoms with E-state index in [1.807, 2.05) is 10.7 Å². The van der Waals surface area contributed by atoms with Crippen LogP contribution >= 0.6 is 0 Å². The summed E-state index contributed by atoms with van der Waals surface area (Å²) in [4.78, 5) is 11.6. The maximum absolute atomic E-state index is 12.8. The molecular formula is C16H19N3O5S. The predicted molar refractivity (Wildman–Crippen MR) is 89.0 cm³/mol. The minimum absolute atomic E-state index is 0.0861. The van der Waals surface area contributed by atoms with Crippen LogP contribution in [0.4, 0.5) is 0 Å². The van der Waals surface area contributed by atoms with E-state index in [2.05, 4.69) is 14.6 Å². The summed E-state index contributed by atoms with van der Waals surface area (Å²) in [7, 11) is -1.24. The molecule has 0 unspecified atom stereocenters. The lowest BCUT2D eigenvalue weighted by molar-refractivity contribution is 0.0600. The Labute approximate surface area is 145 Å². The van der Waals surface area contributed by atoms with E-state index in [1.165, 1.54) is 32.4 Å². The van der Waals surface area contributed by atoms with Crippen molar-refractivity contribution in [3.63, 3.8) is 0 Å². The molecule has 2 heterocycles. The van der Waals surface area contributed by atoms with Crippen LogP contribution in [0.5, 0.6) is 5.75 Å². The third-order valence-corrected chi connectivity index (χ3v) is 5.69. The minimum Gasteiger partial charge on any atom is -0.495 e. The van der Waals surface area contributed by atoms with E-state index in [1.54, 1.807) is 6.20 Å². The van der Waals surface area contributed by atoms with Gasteiger partial charge in [0.05, 0.1) is 19.8 Å². The Morgan fingerprint density at radius 3 is 2.84 bits per heavy atom. The van der Waals surface area contributed by atoms with E-state index in [4.69, 9.17) is 4.74 Å². The number of carbonyl (C=O) groups is 1. The van der Waals surface area contributed by atoms with Crippen LogP contribution in [0.2, 0.25) is 0 Å². The van der Waals surface area contributed by atoms with E-state index < -0.39 is 16.0 Å². The summed E-state index contributed by atoms with van der Waals surface area (Å²) in [6, 6.07) is 5.79. The number of fused-ring (bicyclic) bond motifs is 1. The highest BCUT2D eigenvalue weighted by molar-refractivity contribution is 7.89. The molecule has 0 radical (unpaired) electrons. The van der Waals surface area contributed by atoms with Crippen molar-refractivity contribution in [1.29, 1.82) is 0 Å². The number of aryl methyl sites for hydroxylation is 1. The molecule has 1 aromatic heterocycles. The summed E-state index contributed by atoms with van der Waals surface area (Å²) < 4.78 is 40.0. The molecule has 1 aromatic carbocycles. The summed E-state index contributed by atoms with van der Waals surface area (Å²) in [5, 5.41) is 4.18. The quantitative estimate of drug-likeness (QED) is 0.793. The van der Waals surface area contributed by atoms with E-state index in [-0.39, 0.29) is 22.3 Å². The number of aromatic nitrogens is 2. The van der Waals surface area contributed by atoms with Crippen molar-refractivity contribution < 1.29 is 22.7 Å². The zero-order chi connectivity index (χ0) is 18.0. The van der Waals surface area contributed by atoms with Crippen LogP contribution in [0, 0.1) is 0 Å². The van der Waals surface area contributed by atoms with E-state index >= 15 is 0 Å². The van der Waals surface area contributed by atoms with Crippen molar-refractivity contribution in [3.8, 4) is 5.75 Å². The fraction of sp³-hybridized carbons (Fsp3) is 0.375. The lowest BCUT2D eigenvalue weighted by Crippen LogP contribution is -2.40. The SMILES string of the molecule is COC(=O)c1ccc(OC)c(S(=O)(=O)N[C@@H]2CCn3nccc3C2)c1. The number of hydrogen-bond acceptors (Lipinski definition) is 6. The lowest BCUT2D eigenvalue weighted by atomic mass is 10.1. The van der Waals surface area contributed by atoms with Crippen LogP contribution in [-0.4, -0.2) is 44.4 Å². The molecule has 0 saturated heterocycles. The number of benzene rings is 1. The third-order valence-electron chi connectivity index (χ3n) is 4.15. The highest BCUT2D eigenvalue weighted by Gasteiger charge is 2.27. The molecule has 1 atom stereocenters. The number of methoxy groups -OCH3 is 2. The monoisotopic (exact) mass is 365 g/mol. The summed E-state index contributed by atoms with van der Waals surface area (Å²) in [6.07, 6.45) is 2.89. The predicted octanol–water partition coefficient (Wildman–Crippen LogP) is 0.972. The van der Waals surface area contributed by atoms with Crippen molar-refractivity contribution in [2.24, 2.45) is 0 Å². The molecule has 1 N–H and O–H groups in total. The first-order chi connectivity index (χ1) is 11.9. The van der Waals surface area contributed by atoms with Crippen molar-refractivity contribution in [1.82, 2.24) is 14.5 Å². The average Bonchev–Trinajstić information content (AvgIpc) is 3.07. The Morgan fingerprint density at radius 1 is 1.32 bits per heavy atom. The van der Waals surface area contributed by atoms with Crippen molar-refractivity contribution >= 4 is 16.0 Å². The topological polar surface area (TPSA) is 99.5 Å². The Balaban J connectivity index is 1.88. The van der Waals surface area contributed by atoms with E-state index in [0.717, 1.165) is 5.69 Å². The van der Waals surface area contributed by atoms with Gasteiger partial charge in [-0.2, -0.15) is 5.10 Å². The van der Waals surface area contributed by atoms with E-state index in [9.17, 15) is 13.2 Å². The summed E-state index contributed by atoms with van der Waals surface area (Å²) in [6.45, 7) is 0.648. The Kier molecular flexibility index (Phi) is 4.78. The molecule has 0 spiro atoms. The van der Waals surface area contributed by atoms with Gasteiger partial charge in [0.2, 0.25) is 10.0 Å². The maximum Gasteiger partial charge on any atom is 0.337 e. The molecule has 0 saturated carbocycles. The Morgan fingerprint density at radius 2 is 2.12 bits per heavy atom. The molecule has 1 aliphatic rings. The van der Waals surface area contributed by atoms with Crippen molar-refractivity contribution in [2.45, 2.75) is 30.3 Å². The zero-order valence-corrected chi connectivity index (χ0v) is 14.7. The van der Waals surface area contributed by atoms with Crippen molar-refractivity contribution in [3.05, 3.63) is 41.7 Å². The number of carbonyl (C=O) groups excluding carboxylic acids is 1. The smallest absolute Gasteiger partial charge is 0.337 e. The minimum atomic E-state index is -3.86. The van der Waals surface area contributed by atoms with Crippen LogP contribution in [-0.2, 0) is 27.7 Å². The van der Waals surface area contributed by atoms with Gasteiger partial charge in [-0.25, -0.2) is 17.9 Å². The number of ether oxygens (including phenoxy) is 2. The second-order valence-electron chi connectivity index (χ2n) is 5.71. The molecule has 9 heteroatoms. The Hall–Kier alpha value is -2.39. The zero-order valence-electron chi connectivity index (χ0n) is 13.9. The first-order valence-electron chi connectivity index (χ1n) is 7.74. The molecule has 25 heavy (non-hydrogen) atoms. The fourth-order valence-electron chi connectivity index (χ4n) is 2.88. The van der Waals surface area contributed by atoms with Gasteiger partial charge >= 0.3 is 5.97 Å². The fourth-order valence-corrected chi connectivity index (χ4v) is 4.35. The normalized spacial score (nSPS) is 17.0. The molecule has 1 aliphatic heterocycles. The molecule has 0 amide bonds. The van der Waals surface area contributed by atoms with Gasteiger partial charge in [-0.3, -0.25) is 4.68 Å². The van der Waals surface area contributed by atoms with Gasteiger partial charge in [0, 0.05) is 30.9 Å². The molecule has 0 aliphatic carbocycles. The second kappa shape index (κ2) is 6.85. The molecule has 2 aromatic rings. The van der Waals surface area contributed by atoms with Gasteiger partial charge in [0.15, 0.2) is 0 Å². The number of rotatable bonds is 5. The number of nitrogens with zero attached hydrogens (tertiary/aromatic N) is 2. The highest BCUT2D eigenvalue weighted by Crippen LogP contribution is 2.26. The maximum atomic E-state index is 12.8. The molecule has 134 valence electrons. The van der Waals surface area contributed by atoms with Crippen molar-refractivity contribution in [2.75, 3.05) is 14.2 Å². The first kappa shape index (κ1) is 17.4. The van der Waals surface area contributed by atoms with Gasteiger partial charge in [-0.1, -0.05) is 0 Å². The third kappa shape index (κ3) is 3.52. The van der Waals surface area contributed by atoms with Gasteiger partial charge in [-0.05, 0) is 30.7 Å². The van der Waals surface area contributed by atoms with Gasteiger partial charge in [-0.15, -0.1) is 0 Å². The average molecular weight is 365 g/mol. The number of sulfonamides is 1. The largest absolute Gasteiger partial charge is 0.495 e. The molecule has 0 bridgehead atoms. The molecular weight excluding hydrogens is 346 g/mol. The second-order valence-corrected chi connectivity index (χ2v) is 7.40. The summed E-state index contributed by atoms with van der Waals surface area (Å²) >= 11 is 0. The molecule has 0 fully saturated rings. The van der Waals surface area contributed by atoms with Crippen LogP contribution < -0.4 is 9.46 Å². The van der Waals surface area contributed by atoms with Gasteiger partial charge < -0.3 is 9.47 Å². The van der Waals surface area contributed by atoms with Crippen LogP contribution in [0.1, 0.15) is 22.5 Å². The summed E-state index contributed by atoms with van der Waals surface area (Å²) in [5.41, 5.74) is 1.12. The lowest BCUT2D eigenvalue weighted by Gasteiger charge is -2.24. The summed E-state index contributed by atoms with van der Waals surface area (Å²) in [5.74, 6) is -0.443. The van der Waals surface area contributed by atoms with Crippen LogP contribution in [0.25, 0.3) is 0 Å². The number of hydrogen-bond donors (Lipinski definition) is 1. The first-order valence-corrected chi connectivity index (χ1v) is 9.22. The number of esters is 1. The van der Waals surface area contributed by atoms with Crippen LogP contribution in [0.15, 0.2) is 35.4 Å². The van der Waals surface area contributed by atoms with Gasteiger partial charge in [0.25, 0.3) is 0 Å². The highest BCUT2D eigenvalue weighted by atomic mass is 32.2. The molecule has 3 rings (SSSR count). The molecule has 8 nitrogen and oxygen atoms in total. The standard InChI is InChI=1S/C16H19N3O5S/c1-23-14-4-3-11(16(20)24-2)9-15(14)25(21,22)18-12-6-8-19-13(10-12)5-7-17-19/h3-5,7,9,12,18H,6,8,10H2,1-2H3/t12-/m1/s1. The van der Waals surface area contributed by atoms with E-state index in [0.29, 0.717) is 19.4 Å². The van der Waals surface area contributed by atoms with Gasteiger partial charge in [0.1, 0.15) is 10.6 Å².